The Morgan fingerprint density at radius 2 is 1.64 bits per heavy atom. The number of nitrogens with zero attached hydrogens (tertiary/aromatic N) is 2. The molecule has 1 aliphatic heterocycles. The highest BCUT2D eigenvalue weighted by molar-refractivity contribution is 5.91. The van der Waals surface area contributed by atoms with Crippen LogP contribution in [0.1, 0.15) is 56.8 Å². The molecule has 1 atom stereocenters. The number of carbonyl (C=O) groups excluding carboxylic acids is 3. The van der Waals surface area contributed by atoms with Gasteiger partial charge in [0.2, 0.25) is 5.75 Å². The van der Waals surface area contributed by atoms with Crippen molar-refractivity contribution in [3.63, 3.8) is 0 Å². The smallest absolute Gasteiger partial charge is 0.410 e. The van der Waals surface area contributed by atoms with Crippen LogP contribution in [0.25, 0.3) is 0 Å². The maximum absolute atomic E-state index is 13.0. The molecule has 1 fully saturated rings. The lowest BCUT2D eigenvalue weighted by molar-refractivity contribution is -0.108. The van der Waals surface area contributed by atoms with E-state index < -0.39 is 17.7 Å². The molecule has 1 saturated heterocycles. The molecule has 1 aromatic rings. The number of esters is 1. The molecule has 10 heteroatoms. The molecule has 1 heterocycles. The number of methoxy groups -OCH3 is 3. The van der Waals surface area contributed by atoms with Gasteiger partial charge in [-0.05, 0) is 58.7 Å². The maximum Gasteiger partial charge on any atom is 0.410 e. The SMILES string of the molecule is COc1cc(C(=O)O[C@H](CCC=O)CCN2CCCN(C(=O)OC(C)(C)C)CC2)cc(OC)c1OC. The summed E-state index contributed by atoms with van der Waals surface area (Å²) < 4.78 is 27.2. The van der Waals surface area contributed by atoms with E-state index in [0.29, 0.717) is 62.7 Å². The molecular weight excluding hydrogens is 468 g/mol. The van der Waals surface area contributed by atoms with Crippen LogP contribution in [0.4, 0.5) is 4.79 Å². The molecule has 0 aromatic heterocycles. The molecule has 1 aliphatic rings. The third-order valence-electron chi connectivity index (χ3n) is 5.79. The van der Waals surface area contributed by atoms with Crippen LogP contribution in [0.15, 0.2) is 12.1 Å². The average molecular weight is 509 g/mol. The quantitative estimate of drug-likeness (QED) is 0.328. The van der Waals surface area contributed by atoms with Gasteiger partial charge >= 0.3 is 12.1 Å². The Balaban J connectivity index is 2.00. The molecular formula is C26H40N2O8. The molecule has 36 heavy (non-hydrogen) atoms. The first-order valence-corrected chi connectivity index (χ1v) is 12.3. The fourth-order valence-corrected chi connectivity index (χ4v) is 3.96. The molecule has 0 spiro atoms. The van der Waals surface area contributed by atoms with Gasteiger partial charge in [-0.15, -0.1) is 0 Å². The third-order valence-corrected chi connectivity index (χ3v) is 5.79. The minimum Gasteiger partial charge on any atom is -0.493 e. The van der Waals surface area contributed by atoms with Gasteiger partial charge in [0.1, 0.15) is 18.0 Å². The minimum absolute atomic E-state index is 0.267. The van der Waals surface area contributed by atoms with E-state index in [4.69, 9.17) is 23.7 Å². The highest BCUT2D eigenvalue weighted by atomic mass is 16.6. The number of benzene rings is 1. The summed E-state index contributed by atoms with van der Waals surface area (Å²) in [4.78, 5) is 40.4. The Labute approximate surface area is 213 Å². The molecule has 1 aromatic carbocycles. The van der Waals surface area contributed by atoms with E-state index in [-0.39, 0.29) is 11.7 Å². The van der Waals surface area contributed by atoms with Gasteiger partial charge in [0.25, 0.3) is 0 Å². The number of amides is 1. The standard InChI is InChI=1S/C26H40N2O8/c1-26(2,3)36-25(31)28-12-8-11-27(14-15-28)13-10-20(9-7-16-29)35-24(30)19-17-21(32-4)23(34-6)22(18-19)33-5/h16-18,20H,7-15H2,1-6H3/t20-/m1/s1. The molecule has 0 unspecified atom stereocenters. The second-order valence-electron chi connectivity index (χ2n) is 9.64. The molecule has 0 aliphatic carbocycles. The van der Waals surface area contributed by atoms with Gasteiger partial charge in [-0.25, -0.2) is 9.59 Å². The highest BCUT2D eigenvalue weighted by Gasteiger charge is 2.26. The van der Waals surface area contributed by atoms with Gasteiger partial charge in [-0.2, -0.15) is 0 Å². The van der Waals surface area contributed by atoms with E-state index in [1.807, 2.05) is 20.8 Å². The Morgan fingerprint density at radius 3 is 2.19 bits per heavy atom. The Morgan fingerprint density at radius 1 is 0.972 bits per heavy atom. The van der Waals surface area contributed by atoms with Crippen LogP contribution in [0.2, 0.25) is 0 Å². The average Bonchev–Trinajstić information content (AvgIpc) is 3.09. The normalized spacial score (nSPS) is 15.4. The van der Waals surface area contributed by atoms with Crippen molar-refractivity contribution in [2.45, 2.75) is 58.2 Å². The molecule has 10 nitrogen and oxygen atoms in total. The summed E-state index contributed by atoms with van der Waals surface area (Å²) in [6.07, 6.45) is 2.20. The van der Waals surface area contributed by atoms with Crippen molar-refractivity contribution >= 4 is 18.3 Å². The largest absolute Gasteiger partial charge is 0.493 e. The van der Waals surface area contributed by atoms with Gasteiger partial charge in [0.05, 0.1) is 26.9 Å². The van der Waals surface area contributed by atoms with Gasteiger partial charge in [0, 0.05) is 32.6 Å². The second-order valence-corrected chi connectivity index (χ2v) is 9.64. The molecule has 2 rings (SSSR count). The summed E-state index contributed by atoms with van der Waals surface area (Å²) in [6.45, 7) is 8.96. The van der Waals surface area contributed by atoms with Crippen LogP contribution in [-0.2, 0) is 14.3 Å². The predicted molar refractivity (Wildman–Crippen MR) is 134 cm³/mol. The van der Waals surface area contributed by atoms with Crippen LogP contribution < -0.4 is 14.2 Å². The summed E-state index contributed by atoms with van der Waals surface area (Å²) in [7, 11) is 4.44. The van der Waals surface area contributed by atoms with Crippen LogP contribution >= 0.6 is 0 Å². The van der Waals surface area contributed by atoms with E-state index in [1.165, 1.54) is 21.3 Å². The fraction of sp³-hybridized carbons (Fsp3) is 0.654. The molecule has 0 N–H and O–H groups in total. The highest BCUT2D eigenvalue weighted by Crippen LogP contribution is 2.38. The zero-order valence-corrected chi connectivity index (χ0v) is 22.3. The summed E-state index contributed by atoms with van der Waals surface area (Å²) in [5, 5.41) is 0. The number of rotatable bonds is 11. The monoisotopic (exact) mass is 508 g/mol. The lowest BCUT2D eigenvalue weighted by atomic mass is 10.1. The topological polar surface area (TPSA) is 104 Å². The first-order chi connectivity index (χ1) is 17.1. The first-order valence-electron chi connectivity index (χ1n) is 12.3. The molecule has 0 bridgehead atoms. The predicted octanol–water partition coefficient (Wildman–Crippen LogP) is 3.55. The molecule has 0 saturated carbocycles. The summed E-state index contributed by atoms with van der Waals surface area (Å²) >= 11 is 0. The van der Waals surface area contributed by atoms with E-state index >= 15 is 0 Å². The maximum atomic E-state index is 13.0. The van der Waals surface area contributed by atoms with Gasteiger partial charge in [-0.1, -0.05) is 0 Å². The van der Waals surface area contributed by atoms with Crippen molar-refractivity contribution in [3.8, 4) is 17.2 Å². The number of hydrogen-bond donors (Lipinski definition) is 0. The van der Waals surface area contributed by atoms with Gasteiger partial charge in [-0.3, -0.25) is 0 Å². The van der Waals surface area contributed by atoms with E-state index in [2.05, 4.69) is 4.90 Å². The van der Waals surface area contributed by atoms with E-state index in [9.17, 15) is 14.4 Å². The van der Waals surface area contributed by atoms with Crippen molar-refractivity contribution in [3.05, 3.63) is 17.7 Å². The first kappa shape index (κ1) is 29.2. The number of aldehydes is 1. The van der Waals surface area contributed by atoms with Gasteiger partial charge < -0.3 is 38.3 Å². The van der Waals surface area contributed by atoms with Crippen molar-refractivity contribution in [2.24, 2.45) is 0 Å². The van der Waals surface area contributed by atoms with E-state index in [1.54, 1.807) is 17.0 Å². The zero-order valence-electron chi connectivity index (χ0n) is 22.3. The number of hydrogen-bond acceptors (Lipinski definition) is 9. The Bertz CT molecular complexity index is 858. The summed E-state index contributed by atoms with van der Waals surface area (Å²) in [6, 6.07) is 3.08. The fourth-order valence-electron chi connectivity index (χ4n) is 3.96. The van der Waals surface area contributed by atoms with Crippen LogP contribution in [0, 0.1) is 0 Å². The lowest BCUT2D eigenvalue weighted by Crippen LogP contribution is -2.39. The number of carbonyl (C=O) groups is 3. The minimum atomic E-state index is -0.531. The van der Waals surface area contributed by atoms with Crippen molar-refractivity contribution in [1.82, 2.24) is 9.80 Å². The molecule has 0 radical (unpaired) electrons. The summed E-state index contributed by atoms with van der Waals surface area (Å²) in [5.74, 6) is 0.562. The van der Waals surface area contributed by atoms with Crippen LogP contribution in [0.5, 0.6) is 17.2 Å². The zero-order chi connectivity index (χ0) is 26.7. The lowest BCUT2D eigenvalue weighted by Gasteiger charge is -2.27. The number of ether oxygens (including phenoxy) is 5. The summed E-state index contributed by atoms with van der Waals surface area (Å²) in [5.41, 5.74) is -0.264. The third kappa shape index (κ3) is 8.89. The van der Waals surface area contributed by atoms with Crippen LogP contribution in [0.3, 0.4) is 0 Å². The van der Waals surface area contributed by atoms with E-state index in [0.717, 1.165) is 19.3 Å². The van der Waals surface area contributed by atoms with Crippen molar-refractivity contribution < 1.29 is 38.1 Å². The van der Waals surface area contributed by atoms with Crippen molar-refractivity contribution in [2.75, 3.05) is 54.1 Å². The Kier molecular flexibility index (Phi) is 11.3. The second kappa shape index (κ2) is 13.9. The Hall–Kier alpha value is -3.01. The molecule has 1 amide bonds. The van der Waals surface area contributed by atoms with Gasteiger partial charge in [0.15, 0.2) is 11.5 Å². The van der Waals surface area contributed by atoms with Crippen molar-refractivity contribution in [1.29, 1.82) is 0 Å². The van der Waals surface area contributed by atoms with Crippen LogP contribution in [-0.4, -0.2) is 93.9 Å². The molecule has 202 valence electrons.